The fraction of sp³-hybridized carbons (Fsp3) is 0.533. The van der Waals surface area contributed by atoms with Gasteiger partial charge in [0.25, 0.3) is 5.91 Å². The fourth-order valence-electron chi connectivity index (χ4n) is 2.44. The monoisotopic (exact) mass is 298 g/mol. The molecular formula is C15H17F3N2O. The van der Waals surface area contributed by atoms with Crippen LogP contribution in [0.25, 0.3) is 0 Å². The van der Waals surface area contributed by atoms with Crippen LogP contribution in [0.15, 0.2) is 18.2 Å². The molecule has 0 heterocycles. The average Bonchev–Trinajstić information content (AvgIpc) is 3.26. The summed E-state index contributed by atoms with van der Waals surface area (Å²) in [5, 5.41) is 0. The Morgan fingerprint density at radius 1 is 1.24 bits per heavy atom. The van der Waals surface area contributed by atoms with Crippen LogP contribution < -0.4 is 5.73 Å². The van der Waals surface area contributed by atoms with Gasteiger partial charge >= 0.3 is 6.18 Å². The van der Waals surface area contributed by atoms with Crippen LogP contribution in [0, 0.1) is 5.92 Å². The van der Waals surface area contributed by atoms with Crippen molar-refractivity contribution in [2.45, 2.75) is 37.9 Å². The normalized spacial score (nSPS) is 18.6. The standard InChI is InChI=1S/C15H17F3N2O/c16-15(17,18)10-3-6-13(19)12(7-10)14(21)20(11-4-5-11)8-9-1-2-9/h3,6-7,9,11H,1-2,4-5,8,19H2. The van der Waals surface area contributed by atoms with Crippen molar-refractivity contribution < 1.29 is 18.0 Å². The second-order valence-corrected chi connectivity index (χ2v) is 5.93. The van der Waals surface area contributed by atoms with Crippen molar-refractivity contribution >= 4 is 11.6 Å². The lowest BCUT2D eigenvalue weighted by molar-refractivity contribution is -0.137. The quantitative estimate of drug-likeness (QED) is 0.867. The highest BCUT2D eigenvalue weighted by molar-refractivity contribution is 5.99. The predicted molar refractivity (Wildman–Crippen MR) is 72.6 cm³/mol. The topological polar surface area (TPSA) is 46.3 Å². The van der Waals surface area contributed by atoms with Crippen molar-refractivity contribution in [2.24, 2.45) is 5.92 Å². The van der Waals surface area contributed by atoms with Gasteiger partial charge in [0, 0.05) is 18.3 Å². The Kier molecular flexibility index (Phi) is 3.34. The van der Waals surface area contributed by atoms with Gasteiger partial charge in [0.2, 0.25) is 0 Å². The Labute approximate surface area is 120 Å². The molecule has 0 unspecified atom stereocenters. The van der Waals surface area contributed by atoms with Crippen LogP contribution >= 0.6 is 0 Å². The van der Waals surface area contributed by atoms with Gasteiger partial charge in [0.05, 0.1) is 11.1 Å². The maximum atomic E-state index is 12.8. The molecule has 0 bridgehead atoms. The highest BCUT2D eigenvalue weighted by atomic mass is 19.4. The van der Waals surface area contributed by atoms with Crippen LogP contribution in [0.1, 0.15) is 41.6 Å². The Balaban J connectivity index is 1.88. The number of benzene rings is 1. The summed E-state index contributed by atoms with van der Waals surface area (Å²) in [6, 6.07) is 3.12. The van der Waals surface area contributed by atoms with Gasteiger partial charge in [0.15, 0.2) is 0 Å². The van der Waals surface area contributed by atoms with E-state index in [-0.39, 0.29) is 23.2 Å². The van der Waals surface area contributed by atoms with E-state index in [1.165, 1.54) is 0 Å². The number of anilines is 1. The van der Waals surface area contributed by atoms with Gasteiger partial charge in [-0.05, 0) is 49.8 Å². The van der Waals surface area contributed by atoms with Crippen molar-refractivity contribution in [3.05, 3.63) is 29.3 Å². The maximum Gasteiger partial charge on any atom is 0.416 e. The molecule has 2 aliphatic carbocycles. The Morgan fingerprint density at radius 3 is 2.43 bits per heavy atom. The van der Waals surface area contributed by atoms with Gasteiger partial charge < -0.3 is 10.6 Å². The van der Waals surface area contributed by atoms with E-state index in [0.29, 0.717) is 12.5 Å². The van der Waals surface area contributed by atoms with Gasteiger partial charge in [-0.2, -0.15) is 13.2 Å². The van der Waals surface area contributed by atoms with Gasteiger partial charge in [-0.25, -0.2) is 0 Å². The molecule has 0 radical (unpaired) electrons. The number of carbonyl (C=O) groups is 1. The third-order valence-electron chi connectivity index (χ3n) is 4.01. The zero-order valence-electron chi connectivity index (χ0n) is 11.5. The predicted octanol–water partition coefficient (Wildman–Crippen LogP) is 3.30. The molecule has 0 aromatic heterocycles. The van der Waals surface area contributed by atoms with E-state index in [1.54, 1.807) is 4.90 Å². The Bertz CT molecular complexity index is 563. The number of carbonyl (C=O) groups excluding carboxylic acids is 1. The first-order chi connectivity index (χ1) is 9.86. The fourth-order valence-corrected chi connectivity index (χ4v) is 2.44. The van der Waals surface area contributed by atoms with Crippen molar-refractivity contribution in [2.75, 3.05) is 12.3 Å². The second-order valence-electron chi connectivity index (χ2n) is 5.93. The van der Waals surface area contributed by atoms with Crippen LogP contribution in [0.5, 0.6) is 0 Å². The molecule has 0 aliphatic heterocycles. The number of nitrogen functional groups attached to an aromatic ring is 1. The number of nitrogens with zero attached hydrogens (tertiary/aromatic N) is 1. The van der Waals surface area contributed by atoms with E-state index in [2.05, 4.69) is 0 Å². The number of amides is 1. The van der Waals surface area contributed by atoms with E-state index >= 15 is 0 Å². The lowest BCUT2D eigenvalue weighted by Crippen LogP contribution is -2.35. The molecule has 3 rings (SSSR count). The lowest BCUT2D eigenvalue weighted by Gasteiger charge is -2.23. The van der Waals surface area contributed by atoms with Crippen molar-refractivity contribution in [1.82, 2.24) is 4.90 Å². The zero-order valence-corrected chi connectivity index (χ0v) is 11.5. The smallest absolute Gasteiger partial charge is 0.398 e. The molecular weight excluding hydrogens is 281 g/mol. The molecule has 0 atom stereocenters. The van der Waals surface area contributed by atoms with E-state index in [1.807, 2.05) is 0 Å². The van der Waals surface area contributed by atoms with Crippen LogP contribution in [0.3, 0.4) is 0 Å². The van der Waals surface area contributed by atoms with Crippen LogP contribution in [-0.4, -0.2) is 23.4 Å². The van der Waals surface area contributed by atoms with Crippen LogP contribution in [0.2, 0.25) is 0 Å². The van der Waals surface area contributed by atoms with Gasteiger partial charge in [-0.3, -0.25) is 4.79 Å². The van der Waals surface area contributed by atoms with E-state index in [0.717, 1.165) is 43.9 Å². The first-order valence-electron chi connectivity index (χ1n) is 7.14. The van der Waals surface area contributed by atoms with Crippen LogP contribution in [0.4, 0.5) is 18.9 Å². The molecule has 21 heavy (non-hydrogen) atoms. The summed E-state index contributed by atoms with van der Waals surface area (Å²) in [6.07, 6.45) is -0.429. The summed E-state index contributed by atoms with van der Waals surface area (Å²) in [4.78, 5) is 14.3. The number of hydrogen-bond acceptors (Lipinski definition) is 2. The summed E-state index contributed by atoms with van der Waals surface area (Å²) >= 11 is 0. The zero-order chi connectivity index (χ0) is 15.2. The highest BCUT2D eigenvalue weighted by Crippen LogP contribution is 2.37. The average molecular weight is 298 g/mol. The van der Waals surface area contributed by atoms with E-state index in [9.17, 15) is 18.0 Å². The number of halogens is 3. The SMILES string of the molecule is Nc1ccc(C(F)(F)F)cc1C(=O)N(CC1CC1)C1CC1. The van der Waals surface area contributed by atoms with Gasteiger partial charge in [-0.1, -0.05) is 0 Å². The summed E-state index contributed by atoms with van der Waals surface area (Å²) in [7, 11) is 0. The third-order valence-corrected chi connectivity index (χ3v) is 4.01. The van der Waals surface area contributed by atoms with Crippen molar-refractivity contribution in [1.29, 1.82) is 0 Å². The third kappa shape index (κ3) is 3.14. The van der Waals surface area contributed by atoms with Crippen molar-refractivity contribution in [3.8, 4) is 0 Å². The molecule has 2 fully saturated rings. The van der Waals surface area contributed by atoms with E-state index < -0.39 is 11.7 Å². The minimum absolute atomic E-state index is 0.0302. The molecule has 2 aliphatic rings. The number of alkyl halides is 3. The summed E-state index contributed by atoms with van der Waals surface area (Å²) in [5.41, 5.74) is 4.97. The summed E-state index contributed by atoms with van der Waals surface area (Å²) < 4.78 is 38.4. The summed E-state index contributed by atoms with van der Waals surface area (Å²) in [6.45, 7) is 0.638. The molecule has 6 heteroatoms. The first kappa shape index (κ1) is 14.2. The molecule has 0 spiro atoms. The summed E-state index contributed by atoms with van der Waals surface area (Å²) in [5.74, 6) is 0.134. The van der Waals surface area contributed by atoms with Gasteiger partial charge in [-0.15, -0.1) is 0 Å². The second kappa shape index (κ2) is 4.93. The molecule has 1 amide bonds. The number of nitrogens with two attached hydrogens (primary N) is 1. The maximum absolute atomic E-state index is 12.8. The van der Waals surface area contributed by atoms with E-state index in [4.69, 9.17) is 5.73 Å². The number of rotatable bonds is 4. The Morgan fingerprint density at radius 2 is 1.90 bits per heavy atom. The first-order valence-corrected chi connectivity index (χ1v) is 7.14. The van der Waals surface area contributed by atoms with Gasteiger partial charge in [0.1, 0.15) is 0 Å². The minimum atomic E-state index is -4.47. The molecule has 1 aromatic carbocycles. The lowest BCUT2D eigenvalue weighted by atomic mass is 10.1. The van der Waals surface area contributed by atoms with Crippen LogP contribution in [-0.2, 0) is 6.18 Å². The molecule has 2 N–H and O–H groups in total. The number of hydrogen-bond donors (Lipinski definition) is 1. The minimum Gasteiger partial charge on any atom is -0.398 e. The molecule has 0 saturated heterocycles. The molecule has 114 valence electrons. The highest BCUT2D eigenvalue weighted by Gasteiger charge is 2.38. The molecule has 2 saturated carbocycles. The molecule has 1 aromatic rings. The molecule has 3 nitrogen and oxygen atoms in total. The largest absolute Gasteiger partial charge is 0.416 e. The van der Waals surface area contributed by atoms with Crippen molar-refractivity contribution in [3.63, 3.8) is 0 Å². The Hall–Kier alpha value is -1.72.